The number of carbonyl (C=O) groups excluding carboxylic acids is 1. The van der Waals surface area contributed by atoms with Crippen molar-refractivity contribution in [2.24, 2.45) is 5.92 Å². The molecule has 1 aromatic carbocycles. The molecule has 21 heavy (non-hydrogen) atoms. The minimum Gasteiger partial charge on any atom is -0.479 e. The van der Waals surface area contributed by atoms with Gasteiger partial charge in [-0.2, -0.15) is 0 Å². The second-order valence-corrected chi connectivity index (χ2v) is 5.54. The standard InChI is InChI=1S/C16H21NO4/c1-4-21-13-8-12(13)15(18)17-14(16(19)20)11-6-9(2)5-10(3)7-11/h5-7,12-14H,4,8H2,1-3H3,(H,17,18)(H,19,20). The van der Waals surface area contributed by atoms with Crippen LogP contribution in [0.15, 0.2) is 18.2 Å². The molecule has 1 saturated carbocycles. The SMILES string of the molecule is CCOC1CC1C(=O)NC(C(=O)O)c1cc(C)cc(C)c1. The Labute approximate surface area is 124 Å². The second-order valence-electron chi connectivity index (χ2n) is 5.54. The smallest absolute Gasteiger partial charge is 0.330 e. The third kappa shape index (κ3) is 3.82. The Bertz CT molecular complexity index is 535. The topological polar surface area (TPSA) is 75.6 Å². The van der Waals surface area contributed by atoms with Gasteiger partial charge in [0.05, 0.1) is 12.0 Å². The maximum atomic E-state index is 12.1. The molecule has 3 atom stereocenters. The lowest BCUT2D eigenvalue weighted by atomic mass is 10.0. The van der Waals surface area contributed by atoms with Crippen molar-refractivity contribution in [1.29, 1.82) is 0 Å². The van der Waals surface area contributed by atoms with Crippen molar-refractivity contribution in [2.75, 3.05) is 6.61 Å². The molecule has 0 aliphatic heterocycles. The lowest BCUT2D eigenvalue weighted by Gasteiger charge is -2.16. The molecule has 2 N–H and O–H groups in total. The number of nitrogens with one attached hydrogen (secondary N) is 1. The lowest BCUT2D eigenvalue weighted by Crippen LogP contribution is -2.35. The monoisotopic (exact) mass is 291 g/mol. The van der Waals surface area contributed by atoms with Gasteiger partial charge in [0.25, 0.3) is 0 Å². The molecule has 0 saturated heterocycles. The Morgan fingerprint density at radius 3 is 2.48 bits per heavy atom. The van der Waals surface area contributed by atoms with Crippen LogP contribution in [0.4, 0.5) is 0 Å². The summed E-state index contributed by atoms with van der Waals surface area (Å²) in [6, 6.07) is 4.53. The molecule has 0 spiro atoms. The van der Waals surface area contributed by atoms with Crippen molar-refractivity contribution in [3.05, 3.63) is 34.9 Å². The Morgan fingerprint density at radius 2 is 1.95 bits per heavy atom. The zero-order valence-corrected chi connectivity index (χ0v) is 12.6. The van der Waals surface area contributed by atoms with Crippen LogP contribution < -0.4 is 5.32 Å². The fraction of sp³-hybridized carbons (Fsp3) is 0.500. The van der Waals surface area contributed by atoms with Crippen LogP contribution in [-0.4, -0.2) is 29.7 Å². The van der Waals surface area contributed by atoms with Gasteiger partial charge in [-0.15, -0.1) is 0 Å². The molecule has 5 nitrogen and oxygen atoms in total. The average Bonchev–Trinajstić information content (AvgIpc) is 3.14. The predicted octanol–water partition coefficient (Wildman–Crippen LogP) is 1.97. The van der Waals surface area contributed by atoms with Crippen LogP contribution in [0, 0.1) is 19.8 Å². The van der Waals surface area contributed by atoms with E-state index in [0.29, 0.717) is 18.6 Å². The molecular weight excluding hydrogens is 270 g/mol. The summed E-state index contributed by atoms with van der Waals surface area (Å²) in [6.07, 6.45) is 0.600. The number of hydrogen-bond acceptors (Lipinski definition) is 3. The average molecular weight is 291 g/mol. The summed E-state index contributed by atoms with van der Waals surface area (Å²) in [5, 5.41) is 12.0. The summed E-state index contributed by atoms with van der Waals surface area (Å²) in [7, 11) is 0. The van der Waals surface area contributed by atoms with E-state index in [-0.39, 0.29) is 17.9 Å². The minimum absolute atomic E-state index is 0.0660. The van der Waals surface area contributed by atoms with Crippen molar-refractivity contribution in [3.8, 4) is 0 Å². The summed E-state index contributed by atoms with van der Waals surface area (Å²) in [4.78, 5) is 23.6. The van der Waals surface area contributed by atoms with Gasteiger partial charge >= 0.3 is 5.97 Å². The van der Waals surface area contributed by atoms with E-state index in [1.807, 2.05) is 26.8 Å². The first-order valence-corrected chi connectivity index (χ1v) is 7.15. The van der Waals surface area contributed by atoms with Gasteiger partial charge in [-0.05, 0) is 32.8 Å². The van der Waals surface area contributed by atoms with Crippen LogP contribution >= 0.6 is 0 Å². The number of aryl methyl sites for hydroxylation is 2. The maximum Gasteiger partial charge on any atom is 0.330 e. The summed E-state index contributed by atoms with van der Waals surface area (Å²) >= 11 is 0. The van der Waals surface area contributed by atoms with Crippen molar-refractivity contribution in [3.63, 3.8) is 0 Å². The molecule has 0 radical (unpaired) electrons. The summed E-state index contributed by atoms with van der Waals surface area (Å²) in [6.45, 7) is 6.25. The lowest BCUT2D eigenvalue weighted by molar-refractivity contribution is -0.142. The number of carboxylic acid groups (broad SMARTS) is 1. The van der Waals surface area contributed by atoms with Crippen molar-refractivity contribution >= 4 is 11.9 Å². The number of benzene rings is 1. The quantitative estimate of drug-likeness (QED) is 0.840. The van der Waals surface area contributed by atoms with Crippen LogP contribution in [0.1, 0.15) is 36.1 Å². The number of amides is 1. The molecule has 2 rings (SSSR count). The fourth-order valence-electron chi connectivity index (χ4n) is 2.56. The molecule has 3 unspecified atom stereocenters. The van der Waals surface area contributed by atoms with E-state index < -0.39 is 12.0 Å². The third-order valence-corrected chi connectivity index (χ3v) is 3.56. The van der Waals surface area contributed by atoms with Gasteiger partial charge in [-0.25, -0.2) is 4.79 Å². The normalized spacial score (nSPS) is 21.7. The van der Waals surface area contributed by atoms with Gasteiger partial charge in [-0.1, -0.05) is 29.3 Å². The van der Waals surface area contributed by atoms with Crippen molar-refractivity contribution in [1.82, 2.24) is 5.32 Å². The number of rotatable bonds is 6. The first kappa shape index (κ1) is 15.5. The van der Waals surface area contributed by atoms with Crippen LogP contribution in [0.3, 0.4) is 0 Å². The first-order chi connectivity index (χ1) is 9.92. The summed E-state index contributed by atoms with van der Waals surface area (Å²) in [5.41, 5.74) is 2.55. The largest absolute Gasteiger partial charge is 0.479 e. The highest BCUT2D eigenvalue weighted by atomic mass is 16.5. The van der Waals surface area contributed by atoms with Gasteiger partial charge in [0, 0.05) is 6.61 Å². The van der Waals surface area contributed by atoms with E-state index in [1.165, 1.54) is 0 Å². The van der Waals surface area contributed by atoms with E-state index in [9.17, 15) is 14.7 Å². The molecule has 1 aliphatic carbocycles. The third-order valence-electron chi connectivity index (χ3n) is 3.56. The number of carboxylic acids is 1. The molecule has 114 valence electrons. The molecule has 0 bridgehead atoms. The second kappa shape index (κ2) is 6.26. The number of ether oxygens (including phenoxy) is 1. The highest BCUT2D eigenvalue weighted by Gasteiger charge is 2.45. The number of carbonyl (C=O) groups is 2. The first-order valence-electron chi connectivity index (χ1n) is 7.15. The van der Waals surface area contributed by atoms with Crippen molar-refractivity contribution < 1.29 is 19.4 Å². The maximum absolute atomic E-state index is 12.1. The highest BCUT2D eigenvalue weighted by molar-refractivity contribution is 5.87. The van der Waals surface area contributed by atoms with Gasteiger partial charge in [0.2, 0.25) is 5.91 Å². The molecular formula is C16H21NO4. The van der Waals surface area contributed by atoms with E-state index in [2.05, 4.69) is 5.32 Å². The van der Waals surface area contributed by atoms with Gasteiger partial charge in [0.1, 0.15) is 0 Å². The summed E-state index contributed by atoms with van der Waals surface area (Å²) < 4.78 is 5.36. The van der Waals surface area contributed by atoms with Gasteiger partial charge in [-0.3, -0.25) is 4.79 Å². The van der Waals surface area contributed by atoms with Gasteiger partial charge < -0.3 is 15.2 Å². The van der Waals surface area contributed by atoms with Gasteiger partial charge in [0.15, 0.2) is 6.04 Å². The minimum atomic E-state index is -1.05. The van der Waals surface area contributed by atoms with Crippen molar-refractivity contribution in [2.45, 2.75) is 39.3 Å². The molecule has 0 aromatic heterocycles. The predicted molar refractivity (Wildman–Crippen MR) is 78.0 cm³/mol. The molecule has 5 heteroatoms. The number of hydrogen-bond donors (Lipinski definition) is 2. The van der Waals surface area contributed by atoms with E-state index in [4.69, 9.17) is 4.74 Å². The van der Waals surface area contributed by atoms with Crippen LogP contribution in [0.25, 0.3) is 0 Å². The Hall–Kier alpha value is -1.88. The Morgan fingerprint density at radius 1 is 1.33 bits per heavy atom. The van der Waals surface area contributed by atoms with E-state index in [1.54, 1.807) is 12.1 Å². The molecule has 1 amide bonds. The molecule has 1 aromatic rings. The molecule has 1 fully saturated rings. The highest BCUT2D eigenvalue weighted by Crippen LogP contribution is 2.34. The van der Waals surface area contributed by atoms with E-state index >= 15 is 0 Å². The summed E-state index contributed by atoms with van der Waals surface area (Å²) in [5.74, 6) is -1.53. The Balaban J connectivity index is 2.09. The molecule has 1 aliphatic rings. The Kier molecular flexibility index (Phi) is 4.63. The van der Waals surface area contributed by atoms with E-state index in [0.717, 1.165) is 11.1 Å². The van der Waals surface area contributed by atoms with Crippen LogP contribution in [0.5, 0.6) is 0 Å². The van der Waals surface area contributed by atoms with Crippen LogP contribution in [-0.2, 0) is 14.3 Å². The zero-order valence-electron chi connectivity index (χ0n) is 12.6. The fourth-order valence-corrected chi connectivity index (χ4v) is 2.56. The number of aliphatic carboxylic acids is 1. The van der Waals surface area contributed by atoms with Crippen LogP contribution in [0.2, 0.25) is 0 Å². The molecule has 0 heterocycles. The zero-order chi connectivity index (χ0) is 15.6.